The van der Waals surface area contributed by atoms with Crippen LogP contribution in [0.4, 0.5) is 5.69 Å². The maximum atomic E-state index is 3.55. The fourth-order valence-electron chi connectivity index (χ4n) is 2.56. The minimum Gasteiger partial charge on any atom is -0.385 e. The third-order valence-electron chi connectivity index (χ3n) is 3.60. The topological polar surface area (TPSA) is 12.0 Å². The Kier molecular flexibility index (Phi) is 3.30. The van der Waals surface area contributed by atoms with Gasteiger partial charge in [0.15, 0.2) is 0 Å². The lowest BCUT2D eigenvalue weighted by Crippen LogP contribution is -2.28. The first-order valence-corrected chi connectivity index (χ1v) is 6.13. The predicted molar refractivity (Wildman–Crippen MR) is 66.2 cm³/mol. The van der Waals surface area contributed by atoms with E-state index >= 15 is 0 Å². The Balaban J connectivity index is 2.05. The molecular formula is C14H21N. The van der Waals surface area contributed by atoms with Crippen LogP contribution in [0.25, 0.3) is 0 Å². The van der Waals surface area contributed by atoms with E-state index in [9.17, 15) is 0 Å². The molecule has 1 aromatic carbocycles. The summed E-state index contributed by atoms with van der Waals surface area (Å²) < 4.78 is 0. The Bertz CT molecular complexity index is 319. The van der Waals surface area contributed by atoms with Crippen molar-refractivity contribution in [1.29, 1.82) is 0 Å². The van der Waals surface area contributed by atoms with Crippen LogP contribution >= 0.6 is 0 Å². The number of hydrogen-bond acceptors (Lipinski definition) is 1. The van der Waals surface area contributed by atoms with Gasteiger partial charge in [-0.25, -0.2) is 0 Å². The molecule has 1 aromatic rings. The molecule has 0 bridgehead atoms. The normalized spacial score (nSPS) is 21.6. The monoisotopic (exact) mass is 203 g/mol. The van der Waals surface area contributed by atoms with Gasteiger partial charge in [0.05, 0.1) is 0 Å². The number of hydrogen-bond donors (Lipinski definition) is 1. The van der Waals surface area contributed by atoms with Gasteiger partial charge in [0, 0.05) is 12.2 Å². The molecule has 0 radical (unpaired) electrons. The number of benzene rings is 1. The van der Waals surface area contributed by atoms with E-state index in [1.54, 1.807) is 0 Å². The van der Waals surface area contributed by atoms with Crippen molar-refractivity contribution in [3.63, 3.8) is 0 Å². The van der Waals surface area contributed by atoms with Gasteiger partial charge in [0.25, 0.3) is 0 Å². The third-order valence-corrected chi connectivity index (χ3v) is 3.60. The quantitative estimate of drug-likeness (QED) is 0.789. The maximum absolute atomic E-state index is 3.55. The molecule has 1 heterocycles. The van der Waals surface area contributed by atoms with Gasteiger partial charge in [-0.15, -0.1) is 0 Å². The molecule has 1 N–H and O–H groups in total. The molecule has 1 aliphatic heterocycles. The molecule has 0 fully saturated rings. The van der Waals surface area contributed by atoms with Crippen LogP contribution in [0.15, 0.2) is 24.3 Å². The second kappa shape index (κ2) is 4.69. The Hall–Kier alpha value is -0.980. The van der Waals surface area contributed by atoms with Gasteiger partial charge in [0.1, 0.15) is 0 Å². The molecule has 0 aromatic heterocycles. The highest BCUT2D eigenvalue weighted by molar-refractivity contribution is 5.53. The number of anilines is 1. The minimum atomic E-state index is 0.819. The molecule has 2 rings (SSSR count). The Labute approximate surface area is 92.9 Å². The second-order valence-corrected chi connectivity index (χ2v) is 4.77. The molecular weight excluding hydrogens is 182 g/mol. The van der Waals surface area contributed by atoms with E-state index in [1.165, 1.54) is 30.5 Å². The molecule has 82 valence electrons. The van der Waals surface area contributed by atoms with Crippen molar-refractivity contribution in [2.45, 2.75) is 33.1 Å². The SMILES string of the molecule is CCCC(C)C1CNc2ccccc2C1. The molecule has 0 amide bonds. The van der Waals surface area contributed by atoms with Crippen molar-refractivity contribution in [1.82, 2.24) is 0 Å². The average Bonchev–Trinajstić information content (AvgIpc) is 2.29. The molecule has 1 heteroatoms. The van der Waals surface area contributed by atoms with Crippen molar-refractivity contribution >= 4 is 5.69 Å². The van der Waals surface area contributed by atoms with Crippen LogP contribution in [-0.2, 0) is 6.42 Å². The van der Waals surface area contributed by atoms with E-state index in [-0.39, 0.29) is 0 Å². The molecule has 0 spiro atoms. The summed E-state index contributed by atoms with van der Waals surface area (Å²) in [5.74, 6) is 1.66. The predicted octanol–water partition coefficient (Wildman–Crippen LogP) is 3.71. The fraction of sp³-hybridized carbons (Fsp3) is 0.571. The molecule has 15 heavy (non-hydrogen) atoms. The summed E-state index contributed by atoms with van der Waals surface area (Å²) in [6, 6.07) is 8.71. The smallest absolute Gasteiger partial charge is 0.0372 e. The lowest BCUT2D eigenvalue weighted by molar-refractivity contribution is 0.342. The zero-order valence-corrected chi connectivity index (χ0v) is 9.79. The Morgan fingerprint density at radius 3 is 3.00 bits per heavy atom. The third kappa shape index (κ3) is 2.34. The van der Waals surface area contributed by atoms with Crippen LogP contribution in [-0.4, -0.2) is 6.54 Å². The highest BCUT2D eigenvalue weighted by atomic mass is 14.9. The number of rotatable bonds is 3. The van der Waals surface area contributed by atoms with Gasteiger partial charge in [-0.05, 0) is 29.9 Å². The molecule has 1 aliphatic rings. The minimum absolute atomic E-state index is 0.819. The molecule has 2 unspecified atom stereocenters. The van der Waals surface area contributed by atoms with Crippen LogP contribution in [0.5, 0.6) is 0 Å². The van der Waals surface area contributed by atoms with E-state index in [4.69, 9.17) is 0 Å². The highest BCUT2D eigenvalue weighted by Crippen LogP contribution is 2.29. The van der Waals surface area contributed by atoms with E-state index in [1.807, 2.05) is 0 Å². The van der Waals surface area contributed by atoms with Crippen molar-refractivity contribution in [3.05, 3.63) is 29.8 Å². The summed E-state index contributed by atoms with van der Waals surface area (Å²) >= 11 is 0. The molecule has 1 nitrogen and oxygen atoms in total. The van der Waals surface area contributed by atoms with Crippen LogP contribution < -0.4 is 5.32 Å². The van der Waals surface area contributed by atoms with E-state index in [0.29, 0.717) is 0 Å². The molecule has 0 aliphatic carbocycles. The van der Waals surface area contributed by atoms with E-state index in [0.717, 1.165) is 18.4 Å². The summed E-state index contributed by atoms with van der Waals surface area (Å²) in [6.07, 6.45) is 3.91. The van der Waals surface area contributed by atoms with Gasteiger partial charge in [-0.2, -0.15) is 0 Å². The van der Waals surface area contributed by atoms with Gasteiger partial charge in [-0.1, -0.05) is 44.9 Å². The standard InChI is InChI=1S/C14H21N/c1-3-6-11(2)13-9-12-7-4-5-8-14(12)15-10-13/h4-5,7-8,11,13,15H,3,6,9-10H2,1-2H3. The highest BCUT2D eigenvalue weighted by Gasteiger charge is 2.22. The van der Waals surface area contributed by atoms with Crippen LogP contribution in [0.3, 0.4) is 0 Å². The Morgan fingerprint density at radius 1 is 1.40 bits per heavy atom. The number of nitrogens with one attached hydrogen (secondary N) is 1. The van der Waals surface area contributed by atoms with Gasteiger partial charge >= 0.3 is 0 Å². The molecule has 2 atom stereocenters. The van der Waals surface area contributed by atoms with Crippen LogP contribution in [0.1, 0.15) is 32.3 Å². The van der Waals surface area contributed by atoms with Gasteiger partial charge in [0.2, 0.25) is 0 Å². The lowest BCUT2D eigenvalue weighted by atomic mass is 9.83. The van der Waals surface area contributed by atoms with Gasteiger partial charge < -0.3 is 5.32 Å². The first-order chi connectivity index (χ1) is 7.31. The average molecular weight is 203 g/mol. The summed E-state index contributed by atoms with van der Waals surface area (Å²) in [4.78, 5) is 0. The first-order valence-electron chi connectivity index (χ1n) is 6.13. The number of para-hydroxylation sites is 1. The van der Waals surface area contributed by atoms with Crippen LogP contribution in [0, 0.1) is 11.8 Å². The maximum Gasteiger partial charge on any atom is 0.0372 e. The van der Waals surface area contributed by atoms with Crippen molar-refractivity contribution in [2.75, 3.05) is 11.9 Å². The van der Waals surface area contributed by atoms with Crippen molar-refractivity contribution in [3.8, 4) is 0 Å². The summed E-state index contributed by atoms with van der Waals surface area (Å²) in [5.41, 5.74) is 2.84. The zero-order valence-electron chi connectivity index (χ0n) is 9.79. The summed E-state index contributed by atoms with van der Waals surface area (Å²) in [7, 11) is 0. The zero-order chi connectivity index (χ0) is 10.7. The summed E-state index contributed by atoms with van der Waals surface area (Å²) in [6.45, 7) is 5.82. The summed E-state index contributed by atoms with van der Waals surface area (Å²) in [5, 5.41) is 3.55. The van der Waals surface area contributed by atoms with Crippen LogP contribution in [0.2, 0.25) is 0 Å². The second-order valence-electron chi connectivity index (χ2n) is 4.77. The number of fused-ring (bicyclic) bond motifs is 1. The lowest BCUT2D eigenvalue weighted by Gasteiger charge is -2.30. The largest absolute Gasteiger partial charge is 0.385 e. The fourth-order valence-corrected chi connectivity index (χ4v) is 2.56. The van der Waals surface area contributed by atoms with E-state index in [2.05, 4.69) is 43.4 Å². The van der Waals surface area contributed by atoms with E-state index < -0.39 is 0 Å². The molecule has 0 saturated heterocycles. The molecule has 0 saturated carbocycles. The first kappa shape index (κ1) is 10.5. The van der Waals surface area contributed by atoms with Gasteiger partial charge in [-0.3, -0.25) is 0 Å². The van der Waals surface area contributed by atoms with Crippen molar-refractivity contribution in [2.24, 2.45) is 11.8 Å². The van der Waals surface area contributed by atoms with Crippen molar-refractivity contribution < 1.29 is 0 Å². The Morgan fingerprint density at radius 2 is 2.20 bits per heavy atom.